The normalized spacial score (nSPS) is 12.2. The lowest BCUT2D eigenvalue weighted by Crippen LogP contribution is -2.06. The molecule has 0 radical (unpaired) electrons. The summed E-state index contributed by atoms with van der Waals surface area (Å²) in [6.45, 7) is 2.10. The summed E-state index contributed by atoms with van der Waals surface area (Å²) < 4.78 is 0. The first-order valence-corrected chi connectivity index (χ1v) is 6.19. The van der Waals surface area contributed by atoms with Crippen LogP contribution in [0.15, 0.2) is 48.5 Å². The van der Waals surface area contributed by atoms with E-state index in [4.69, 9.17) is 23.2 Å². The molecule has 0 aliphatic heterocycles. The van der Waals surface area contributed by atoms with Crippen LogP contribution in [0.25, 0.3) is 0 Å². The molecule has 0 bridgehead atoms. The fourth-order valence-corrected chi connectivity index (χ4v) is 2.13. The van der Waals surface area contributed by atoms with E-state index in [-0.39, 0.29) is 6.04 Å². The van der Waals surface area contributed by atoms with E-state index < -0.39 is 0 Å². The third kappa shape index (κ3) is 3.15. The van der Waals surface area contributed by atoms with Crippen LogP contribution in [0, 0.1) is 0 Å². The summed E-state index contributed by atoms with van der Waals surface area (Å²) in [4.78, 5) is 0. The first-order valence-electron chi connectivity index (χ1n) is 5.43. The Morgan fingerprint density at radius 3 is 2.35 bits per heavy atom. The summed E-state index contributed by atoms with van der Waals surface area (Å²) in [5, 5.41) is 4.65. The van der Waals surface area contributed by atoms with Crippen molar-refractivity contribution in [3.8, 4) is 0 Å². The first kappa shape index (κ1) is 12.3. The molecule has 1 nitrogen and oxygen atoms in total. The number of hydrogen-bond acceptors (Lipinski definition) is 1. The van der Waals surface area contributed by atoms with E-state index in [0.29, 0.717) is 10.0 Å². The second-order valence-corrected chi connectivity index (χ2v) is 4.74. The molecule has 0 fully saturated rings. The van der Waals surface area contributed by atoms with Crippen LogP contribution < -0.4 is 5.32 Å². The molecule has 0 aliphatic carbocycles. The van der Waals surface area contributed by atoms with Gasteiger partial charge in [0, 0.05) is 11.1 Å². The highest BCUT2D eigenvalue weighted by atomic mass is 35.5. The lowest BCUT2D eigenvalue weighted by Gasteiger charge is -2.16. The zero-order valence-electron chi connectivity index (χ0n) is 9.45. The van der Waals surface area contributed by atoms with Crippen LogP contribution in [-0.2, 0) is 0 Å². The standard InChI is InChI=1S/C14H13Cl2N/c1-10(11-5-3-2-4-6-11)17-14-8-7-12(15)9-13(14)16/h2-10,17H,1H3. The Kier molecular flexibility index (Phi) is 3.93. The molecule has 0 amide bonds. The van der Waals surface area contributed by atoms with Crippen molar-refractivity contribution in [3.63, 3.8) is 0 Å². The van der Waals surface area contributed by atoms with Gasteiger partial charge in [-0.2, -0.15) is 0 Å². The first-order chi connectivity index (χ1) is 8.16. The predicted octanol–water partition coefficient (Wildman–Crippen LogP) is 5.17. The van der Waals surface area contributed by atoms with Gasteiger partial charge < -0.3 is 5.32 Å². The lowest BCUT2D eigenvalue weighted by atomic mass is 10.1. The molecule has 2 aromatic rings. The Hall–Kier alpha value is -1.18. The Bertz CT molecular complexity index is 497. The van der Waals surface area contributed by atoms with Crippen molar-refractivity contribution >= 4 is 28.9 Å². The largest absolute Gasteiger partial charge is 0.377 e. The summed E-state index contributed by atoms with van der Waals surface area (Å²) in [6, 6.07) is 15.9. The molecule has 2 rings (SSSR count). The van der Waals surface area contributed by atoms with Gasteiger partial charge in [0.25, 0.3) is 0 Å². The number of benzene rings is 2. The Labute approximate surface area is 111 Å². The molecule has 1 unspecified atom stereocenters. The van der Waals surface area contributed by atoms with Crippen LogP contribution in [-0.4, -0.2) is 0 Å². The number of anilines is 1. The SMILES string of the molecule is CC(Nc1ccc(Cl)cc1Cl)c1ccccc1. The summed E-state index contributed by atoms with van der Waals surface area (Å²) in [5.41, 5.74) is 2.12. The third-order valence-electron chi connectivity index (χ3n) is 2.60. The lowest BCUT2D eigenvalue weighted by molar-refractivity contribution is 0.885. The molecule has 0 aromatic heterocycles. The Morgan fingerprint density at radius 2 is 1.71 bits per heavy atom. The van der Waals surface area contributed by atoms with Crippen LogP contribution in [0.5, 0.6) is 0 Å². The van der Waals surface area contributed by atoms with Crippen LogP contribution in [0.3, 0.4) is 0 Å². The second-order valence-electron chi connectivity index (χ2n) is 3.90. The number of hydrogen-bond donors (Lipinski definition) is 1. The van der Waals surface area contributed by atoms with Crippen LogP contribution in [0.1, 0.15) is 18.5 Å². The average molecular weight is 266 g/mol. The van der Waals surface area contributed by atoms with Gasteiger partial charge in [0.15, 0.2) is 0 Å². The predicted molar refractivity (Wildman–Crippen MR) is 74.9 cm³/mol. The van der Waals surface area contributed by atoms with E-state index in [1.54, 1.807) is 6.07 Å². The van der Waals surface area contributed by atoms with E-state index in [9.17, 15) is 0 Å². The molecule has 0 saturated carbocycles. The molecule has 17 heavy (non-hydrogen) atoms. The second kappa shape index (κ2) is 5.44. The van der Waals surface area contributed by atoms with Gasteiger partial charge in [-0.05, 0) is 30.7 Å². The maximum Gasteiger partial charge on any atom is 0.0652 e. The smallest absolute Gasteiger partial charge is 0.0652 e. The minimum Gasteiger partial charge on any atom is -0.377 e. The van der Waals surface area contributed by atoms with Crippen molar-refractivity contribution in [2.24, 2.45) is 0 Å². The summed E-state index contributed by atoms with van der Waals surface area (Å²) in [7, 11) is 0. The van der Waals surface area contributed by atoms with E-state index in [0.717, 1.165) is 5.69 Å². The van der Waals surface area contributed by atoms with Gasteiger partial charge in [-0.15, -0.1) is 0 Å². The quantitative estimate of drug-likeness (QED) is 0.808. The zero-order chi connectivity index (χ0) is 12.3. The summed E-state index contributed by atoms with van der Waals surface area (Å²) in [6.07, 6.45) is 0. The van der Waals surface area contributed by atoms with Gasteiger partial charge in [0.2, 0.25) is 0 Å². The molecule has 1 atom stereocenters. The third-order valence-corrected chi connectivity index (χ3v) is 3.15. The van der Waals surface area contributed by atoms with E-state index in [1.165, 1.54) is 5.56 Å². The monoisotopic (exact) mass is 265 g/mol. The van der Waals surface area contributed by atoms with Gasteiger partial charge in [0.05, 0.1) is 10.7 Å². The molecular weight excluding hydrogens is 253 g/mol. The van der Waals surface area contributed by atoms with Gasteiger partial charge in [-0.3, -0.25) is 0 Å². The summed E-state index contributed by atoms with van der Waals surface area (Å²) >= 11 is 12.0. The van der Waals surface area contributed by atoms with Crippen molar-refractivity contribution in [1.29, 1.82) is 0 Å². The van der Waals surface area contributed by atoms with Crippen molar-refractivity contribution in [3.05, 3.63) is 64.1 Å². The number of rotatable bonds is 3. The van der Waals surface area contributed by atoms with Crippen molar-refractivity contribution in [2.45, 2.75) is 13.0 Å². The van der Waals surface area contributed by atoms with Crippen LogP contribution in [0.2, 0.25) is 10.0 Å². The number of halogens is 2. The maximum atomic E-state index is 6.11. The molecule has 3 heteroatoms. The van der Waals surface area contributed by atoms with Gasteiger partial charge in [-0.1, -0.05) is 53.5 Å². The van der Waals surface area contributed by atoms with Crippen molar-refractivity contribution in [1.82, 2.24) is 0 Å². The Morgan fingerprint density at radius 1 is 1.00 bits per heavy atom. The van der Waals surface area contributed by atoms with Crippen LogP contribution in [0.4, 0.5) is 5.69 Å². The average Bonchev–Trinajstić information content (AvgIpc) is 2.34. The van der Waals surface area contributed by atoms with Crippen molar-refractivity contribution < 1.29 is 0 Å². The van der Waals surface area contributed by atoms with E-state index in [1.807, 2.05) is 30.3 Å². The van der Waals surface area contributed by atoms with Crippen LogP contribution >= 0.6 is 23.2 Å². The highest BCUT2D eigenvalue weighted by Crippen LogP contribution is 2.28. The molecule has 0 spiro atoms. The molecule has 88 valence electrons. The van der Waals surface area contributed by atoms with E-state index >= 15 is 0 Å². The van der Waals surface area contributed by atoms with Crippen molar-refractivity contribution in [2.75, 3.05) is 5.32 Å². The fraction of sp³-hybridized carbons (Fsp3) is 0.143. The maximum absolute atomic E-state index is 6.11. The summed E-state index contributed by atoms with van der Waals surface area (Å²) in [5.74, 6) is 0. The van der Waals surface area contributed by atoms with E-state index in [2.05, 4.69) is 24.4 Å². The molecule has 2 aromatic carbocycles. The molecule has 0 aliphatic rings. The molecule has 1 N–H and O–H groups in total. The highest BCUT2D eigenvalue weighted by molar-refractivity contribution is 6.36. The highest BCUT2D eigenvalue weighted by Gasteiger charge is 2.07. The van der Waals surface area contributed by atoms with Gasteiger partial charge in [0.1, 0.15) is 0 Å². The Balaban J connectivity index is 2.16. The minimum absolute atomic E-state index is 0.204. The minimum atomic E-state index is 0.204. The zero-order valence-corrected chi connectivity index (χ0v) is 11.0. The van der Waals surface area contributed by atoms with Gasteiger partial charge >= 0.3 is 0 Å². The molecule has 0 saturated heterocycles. The molecule has 0 heterocycles. The van der Waals surface area contributed by atoms with Gasteiger partial charge in [-0.25, -0.2) is 0 Å². The molecular formula is C14H13Cl2N. The number of nitrogens with one attached hydrogen (secondary N) is 1. The topological polar surface area (TPSA) is 12.0 Å². The fourth-order valence-electron chi connectivity index (χ4n) is 1.66.